The summed E-state index contributed by atoms with van der Waals surface area (Å²) in [4.78, 5) is 16.9. The Morgan fingerprint density at radius 3 is 2.68 bits per heavy atom. The summed E-state index contributed by atoms with van der Waals surface area (Å²) in [6.07, 6.45) is 2.12. The molecule has 4 nitrogen and oxygen atoms in total. The highest BCUT2D eigenvalue weighted by Crippen LogP contribution is 2.17. The van der Waals surface area contributed by atoms with Crippen molar-refractivity contribution < 1.29 is 14.3 Å². The third kappa shape index (κ3) is 4.35. The van der Waals surface area contributed by atoms with Crippen LogP contribution in [0.15, 0.2) is 30.5 Å². The molecule has 2 aromatic rings. The van der Waals surface area contributed by atoms with Crippen LogP contribution in [0.2, 0.25) is 0 Å². The lowest BCUT2D eigenvalue weighted by molar-refractivity contribution is 0.0920. The fourth-order valence-corrected chi connectivity index (χ4v) is 2.71. The number of aliphatic hydroxyl groups excluding tert-OH is 1. The normalized spacial score (nSPS) is 13.6. The molecule has 0 bridgehead atoms. The monoisotopic (exact) mass is 322 g/mol. The number of carbonyl (C=O) groups is 1. The number of aliphatic hydroxyl groups is 1. The minimum atomic E-state index is -0.269. The predicted molar refractivity (Wildman–Crippen MR) is 84.5 cm³/mol. The van der Waals surface area contributed by atoms with Crippen molar-refractivity contribution in [3.8, 4) is 0 Å². The van der Waals surface area contributed by atoms with E-state index >= 15 is 0 Å². The van der Waals surface area contributed by atoms with Gasteiger partial charge in [-0.05, 0) is 30.5 Å². The zero-order valence-electron chi connectivity index (χ0n) is 12.5. The van der Waals surface area contributed by atoms with E-state index in [9.17, 15) is 9.18 Å². The van der Waals surface area contributed by atoms with E-state index in [-0.39, 0.29) is 30.3 Å². The summed E-state index contributed by atoms with van der Waals surface area (Å²) in [5.74, 6) is -0.457. The Morgan fingerprint density at radius 1 is 1.36 bits per heavy atom. The van der Waals surface area contributed by atoms with E-state index in [0.717, 1.165) is 10.6 Å². The molecular formula is C16H19FN2O2S. The largest absolute Gasteiger partial charge is 0.396 e. The van der Waals surface area contributed by atoms with Crippen LogP contribution in [0.3, 0.4) is 0 Å². The van der Waals surface area contributed by atoms with Crippen LogP contribution in [-0.4, -0.2) is 28.6 Å². The average Bonchev–Trinajstić information content (AvgIpc) is 2.97. The first-order chi connectivity index (χ1) is 10.5. The molecule has 0 aliphatic carbocycles. The summed E-state index contributed by atoms with van der Waals surface area (Å²) in [6, 6.07) is 6.13. The van der Waals surface area contributed by atoms with Crippen molar-refractivity contribution in [3.05, 3.63) is 51.7 Å². The first-order valence-electron chi connectivity index (χ1n) is 7.10. The SMILES string of the molecule is CC(CO)C(C)NC(=O)c1cnc(Cc2ccc(F)cc2)s1. The average molecular weight is 322 g/mol. The zero-order valence-corrected chi connectivity index (χ0v) is 13.4. The van der Waals surface area contributed by atoms with E-state index in [2.05, 4.69) is 10.3 Å². The molecule has 0 aliphatic heterocycles. The highest BCUT2D eigenvalue weighted by atomic mass is 32.1. The molecular weight excluding hydrogens is 303 g/mol. The topological polar surface area (TPSA) is 62.2 Å². The Kier molecular flexibility index (Phi) is 5.63. The summed E-state index contributed by atoms with van der Waals surface area (Å²) < 4.78 is 12.9. The van der Waals surface area contributed by atoms with Gasteiger partial charge in [-0.2, -0.15) is 0 Å². The van der Waals surface area contributed by atoms with E-state index in [1.54, 1.807) is 18.3 Å². The van der Waals surface area contributed by atoms with Gasteiger partial charge >= 0.3 is 0 Å². The number of halogens is 1. The molecule has 0 saturated carbocycles. The molecule has 1 heterocycles. The van der Waals surface area contributed by atoms with E-state index in [1.807, 2.05) is 13.8 Å². The summed E-state index contributed by atoms with van der Waals surface area (Å²) in [6.45, 7) is 3.76. The first-order valence-corrected chi connectivity index (χ1v) is 7.92. The molecule has 2 unspecified atom stereocenters. The number of carbonyl (C=O) groups excluding carboxylic acids is 1. The Bertz CT molecular complexity index is 627. The third-order valence-electron chi connectivity index (χ3n) is 3.55. The van der Waals surface area contributed by atoms with E-state index < -0.39 is 0 Å². The molecule has 22 heavy (non-hydrogen) atoms. The third-order valence-corrected chi connectivity index (χ3v) is 4.54. The Morgan fingerprint density at radius 2 is 2.05 bits per heavy atom. The van der Waals surface area contributed by atoms with E-state index in [4.69, 9.17) is 5.11 Å². The van der Waals surface area contributed by atoms with Crippen LogP contribution >= 0.6 is 11.3 Å². The maximum atomic E-state index is 12.9. The number of rotatable bonds is 6. The summed E-state index contributed by atoms with van der Waals surface area (Å²) in [5, 5.41) is 12.7. The van der Waals surface area contributed by atoms with Crippen LogP contribution < -0.4 is 5.32 Å². The van der Waals surface area contributed by atoms with Gasteiger partial charge in [0.25, 0.3) is 5.91 Å². The van der Waals surface area contributed by atoms with E-state index in [0.29, 0.717) is 11.3 Å². The van der Waals surface area contributed by atoms with E-state index in [1.165, 1.54) is 23.5 Å². The molecule has 2 N–H and O–H groups in total. The second kappa shape index (κ2) is 7.47. The molecule has 2 atom stereocenters. The molecule has 0 spiro atoms. The van der Waals surface area contributed by atoms with Gasteiger partial charge in [0, 0.05) is 19.1 Å². The second-order valence-corrected chi connectivity index (χ2v) is 6.46. The lowest BCUT2D eigenvalue weighted by Crippen LogP contribution is -2.38. The van der Waals surface area contributed by atoms with Crippen molar-refractivity contribution in [2.24, 2.45) is 5.92 Å². The van der Waals surface area contributed by atoms with Gasteiger partial charge in [0.15, 0.2) is 0 Å². The number of hydrogen-bond donors (Lipinski definition) is 2. The minimum Gasteiger partial charge on any atom is -0.396 e. The van der Waals surface area contributed by atoms with Crippen LogP contribution in [0.4, 0.5) is 4.39 Å². The number of nitrogens with zero attached hydrogens (tertiary/aromatic N) is 1. The van der Waals surface area contributed by atoms with Crippen molar-refractivity contribution in [1.29, 1.82) is 0 Å². The number of thiazole rings is 1. The van der Waals surface area contributed by atoms with Crippen molar-refractivity contribution in [1.82, 2.24) is 10.3 Å². The molecule has 0 saturated heterocycles. The second-order valence-electron chi connectivity index (χ2n) is 5.34. The maximum Gasteiger partial charge on any atom is 0.263 e. The van der Waals surface area contributed by atoms with Gasteiger partial charge in [0.2, 0.25) is 0 Å². The van der Waals surface area contributed by atoms with Crippen LogP contribution in [-0.2, 0) is 6.42 Å². The van der Waals surface area contributed by atoms with Gasteiger partial charge in [0.1, 0.15) is 10.7 Å². The fraction of sp³-hybridized carbons (Fsp3) is 0.375. The van der Waals surface area contributed by atoms with Crippen LogP contribution in [0.1, 0.15) is 34.1 Å². The molecule has 2 rings (SSSR count). The number of hydrogen-bond acceptors (Lipinski definition) is 4. The predicted octanol–water partition coefficient (Wildman–Crippen LogP) is 2.62. The van der Waals surface area contributed by atoms with Crippen molar-refractivity contribution in [2.45, 2.75) is 26.3 Å². The van der Waals surface area contributed by atoms with Crippen molar-refractivity contribution in [2.75, 3.05) is 6.61 Å². The quantitative estimate of drug-likeness (QED) is 0.859. The van der Waals surface area contributed by atoms with Crippen molar-refractivity contribution >= 4 is 17.2 Å². The van der Waals surface area contributed by atoms with Gasteiger partial charge in [-0.1, -0.05) is 19.1 Å². The number of aromatic nitrogens is 1. The molecule has 118 valence electrons. The zero-order chi connectivity index (χ0) is 16.1. The summed E-state index contributed by atoms with van der Waals surface area (Å²) in [5.41, 5.74) is 0.949. The first kappa shape index (κ1) is 16.6. The standard InChI is InChI=1S/C16H19FN2O2S/c1-10(9-20)11(2)19-16(21)14-8-18-15(22-14)7-12-3-5-13(17)6-4-12/h3-6,8,10-11,20H,7,9H2,1-2H3,(H,19,21). The van der Waals surface area contributed by atoms with Gasteiger partial charge in [-0.3, -0.25) is 4.79 Å². The Balaban J connectivity index is 1.98. The van der Waals surface area contributed by atoms with Crippen LogP contribution in [0.5, 0.6) is 0 Å². The molecule has 0 fully saturated rings. The maximum absolute atomic E-state index is 12.9. The fourth-order valence-electron chi connectivity index (χ4n) is 1.85. The smallest absolute Gasteiger partial charge is 0.263 e. The molecule has 0 radical (unpaired) electrons. The lowest BCUT2D eigenvalue weighted by Gasteiger charge is -2.18. The van der Waals surface area contributed by atoms with Gasteiger partial charge in [0.05, 0.1) is 11.2 Å². The summed E-state index contributed by atoms with van der Waals surface area (Å²) >= 11 is 1.32. The summed E-state index contributed by atoms with van der Waals surface area (Å²) in [7, 11) is 0. The van der Waals surface area contributed by atoms with Gasteiger partial charge in [-0.25, -0.2) is 9.37 Å². The highest BCUT2D eigenvalue weighted by molar-refractivity contribution is 7.13. The lowest BCUT2D eigenvalue weighted by atomic mass is 10.1. The Labute approximate surface area is 133 Å². The van der Waals surface area contributed by atoms with Gasteiger partial charge in [-0.15, -0.1) is 11.3 Å². The van der Waals surface area contributed by atoms with Gasteiger partial charge < -0.3 is 10.4 Å². The minimum absolute atomic E-state index is 0.00411. The molecule has 1 aromatic heterocycles. The number of nitrogens with one attached hydrogen (secondary N) is 1. The number of benzene rings is 1. The van der Waals surface area contributed by atoms with Crippen LogP contribution in [0, 0.1) is 11.7 Å². The molecule has 6 heteroatoms. The molecule has 1 aromatic carbocycles. The van der Waals surface area contributed by atoms with Crippen LogP contribution in [0.25, 0.3) is 0 Å². The molecule has 0 aliphatic rings. The number of amides is 1. The van der Waals surface area contributed by atoms with Crippen molar-refractivity contribution in [3.63, 3.8) is 0 Å². The Hall–Kier alpha value is -1.79. The molecule has 1 amide bonds. The highest BCUT2D eigenvalue weighted by Gasteiger charge is 2.17.